The number of hydrogen-bond acceptors (Lipinski definition) is 3. The number of amides is 2. The van der Waals surface area contributed by atoms with E-state index in [9.17, 15) is 9.59 Å². The van der Waals surface area contributed by atoms with Gasteiger partial charge in [-0.05, 0) is 72.6 Å². The van der Waals surface area contributed by atoms with E-state index >= 15 is 0 Å². The first kappa shape index (κ1) is 22.3. The first-order chi connectivity index (χ1) is 16.5. The predicted molar refractivity (Wildman–Crippen MR) is 138 cm³/mol. The lowest BCUT2D eigenvalue weighted by atomic mass is 10.1. The van der Waals surface area contributed by atoms with Crippen LogP contribution in [0.3, 0.4) is 0 Å². The highest BCUT2D eigenvalue weighted by Crippen LogP contribution is 2.41. The summed E-state index contributed by atoms with van der Waals surface area (Å²) in [5.41, 5.74) is 4.53. The smallest absolute Gasteiger partial charge is 0.258 e. The Morgan fingerprint density at radius 3 is 2.35 bits per heavy atom. The van der Waals surface area contributed by atoms with Crippen molar-refractivity contribution >= 4 is 46.6 Å². The van der Waals surface area contributed by atoms with Crippen molar-refractivity contribution < 1.29 is 9.59 Å². The summed E-state index contributed by atoms with van der Waals surface area (Å²) < 4.78 is 0. The Morgan fingerprint density at radius 2 is 1.59 bits per heavy atom. The second-order valence-electron chi connectivity index (χ2n) is 8.08. The van der Waals surface area contributed by atoms with Crippen LogP contribution in [0.1, 0.15) is 31.8 Å². The van der Waals surface area contributed by atoms with E-state index in [4.69, 9.17) is 11.6 Å². The van der Waals surface area contributed by atoms with Crippen molar-refractivity contribution in [2.24, 2.45) is 0 Å². The van der Waals surface area contributed by atoms with Crippen LogP contribution in [0.2, 0.25) is 5.02 Å². The van der Waals surface area contributed by atoms with Crippen LogP contribution in [0.4, 0.5) is 11.4 Å². The first-order valence-electron chi connectivity index (χ1n) is 10.8. The fourth-order valence-corrected chi connectivity index (χ4v) is 5.31. The summed E-state index contributed by atoms with van der Waals surface area (Å²) in [6.45, 7) is 2.41. The number of halogens is 1. The van der Waals surface area contributed by atoms with Gasteiger partial charge in [0.25, 0.3) is 11.8 Å². The van der Waals surface area contributed by atoms with Gasteiger partial charge in [0.05, 0.1) is 22.8 Å². The third-order valence-electron chi connectivity index (χ3n) is 5.68. The first-order valence-corrected chi connectivity index (χ1v) is 12.0. The number of aryl methyl sites for hydroxylation is 1. The summed E-state index contributed by atoms with van der Waals surface area (Å²) in [6.07, 6.45) is 0. The van der Waals surface area contributed by atoms with Crippen LogP contribution in [-0.4, -0.2) is 11.8 Å². The molecule has 168 valence electrons. The van der Waals surface area contributed by atoms with Crippen molar-refractivity contribution in [3.8, 4) is 0 Å². The molecule has 4 aromatic carbocycles. The lowest BCUT2D eigenvalue weighted by Gasteiger charge is -2.23. The molecule has 0 fully saturated rings. The zero-order valence-corrected chi connectivity index (χ0v) is 20.0. The van der Waals surface area contributed by atoms with Gasteiger partial charge in [0.2, 0.25) is 0 Å². The van der Waals surface area contributed by atoms with Crippen molar-refractivity contribution in [3.05, 3.63) is 118 Å². The maximum absolute atomic E-state index is 13.6. The van der Waals surface area contributed by atoms with E-state index in [2.05, 4.69) is 17.4 Å². The van der Waals surface area contributed by atoms with Crippen LogP contribution >= 0.6 is 23.4 Å². The molecule has 4 nitrogen and oxygen atoms in total. The van der Waals surface area contributed by atoms with Gasteiger partial charge < -0.3 is 10.2 Å². The monoisotopic (exact) mass is 484 g/mol. The Kier molecular flexibility index (Phi) is 6.14. The Balaban J connectivity index is 1.39. The van der Waals surface area contributed by atoms with Gasteiger partial charge in [-0.15, -0.1) is 0 Å². The minimum atomic E-state index is -0.292. The molecule has 0 bridgehead atoms. The summed E-state index contributed by atoms with van der Waals surface area (Å²) in [6, 6.07) is 28.4. The average molecular weight is 485 g/mol. The molecule has 1 heterocycles. The summed E-state index contributed by atoms with van der Waals surface area (Å²) in [5, 5.41) is 3.26. The second kappa shape index (κ2) is 9.37. The topological polar surface area (TPSA) is 49.4 Å². The highest BCUT2D eigenvalue weighted by molar-refractivity contribution is 7.99. The number of nitrogens with zero attached hydrogens (tertiary/aromatic N) is 1. The summed E-state index contributed by atoms with van der Waals surface area (Å²) >= 11 is 7.90. The van der Waals surface area contributed by atoms with Crippen LogP contribution in [0.15, 0.2) is 101 Å². The van der Waals surface area contributed by atoms with Crippen molar-refractivity contribution in [1.82, 2.24) is 0 Å². The summed E-state index contributed by atoms with van der Waals surface area (Å²) in [5.74, 6) is -0.386. The van der Waals surface area contributed by atoms with Gasteiger partial charge in [-0.25, -0.2) is 0 Å². The molecule has 1 N–H and O–H groups in total. The molecule has 6 heteroatoms. The quantitative estimate of drug-likeness (QED) is 0.334. The predicted octanol–water partition coefficient (Wildman–Crippen LogP) is 7.21. The summed E-state index contributed by atoms with van der Waals surface area (Å²) in [4.78, 5) is 30.2. The summed E-state index contributed by atoms with van der Waals surface area (Å²) in [7, 11) is 0. The van der Waals surface area contributed by atoms with Gasteiger partial charge in [0, 0.05) is 21.0 Å². The number of hydrogen-bond donors (Lipinski definition) is 1. The van der Waals surface area contributed by atoms with E-state index in [1.54, 1.807) is 48.2 Å². The highest BCUT2D eigenvalue weighted by atomic mass is 35.5. The number of rotatable bonds is 3. The van der Waals surface area contributed by atoms with Gasteiger partial charge in [-0.2, -0.15) is 0 Å². The zero-order valence-electron chi connectivity index (χ0n) is 18.4. The van der Waals surface area contributed by atoms with Gasteiger partial charge in [-0.1, -0.05) is 59.8 Å². The third-order valence-corrected chi connectivity index (χ3v) is 7.18. The lowest BCUT2D eigenvalue weighted by molar-refractivity contribution is 0.0983. The molecule has 2 amide bonds. The van der Waals surface area contributed by atoms with Crippen LogP contribution in [-0.2, 0) is 6.54 Å². The minimum absolute atomic E-state index is 0.0933. The van der Waals surface area contributed by atoms with Crippen LogP contribution in [0.5, 0.6) is 0 Å². The molecule has 4 aromatic rings. The van der Waals surface area contributed by atoms with E-state index in [1.165, 1.54) is 0 Å². The molecule has 0 saturated heterocycles. The van der Waals surface area contributed by atoms with Crippen molar-refractivity contribution in [2.45, 2.75) is 23.3 Å². The lowest BCUT2D eigenvalue weighted by Crippen LogP contribution is -2.30. The van der Waals surface area contributed by atoms with E-state index in [0.29, 0.717) is 28.4 Å². The number of benzene rings is 4. The van der Waals surface area contributed by atoms with E-state index < -0.39 is 0 Å². The van der Waals surface area contributed by atoms with Gasteiger partial charge >= 0.3 is 0 Å². The number of carbonyl (C=O) groups is 2. The fraction of sp³-hybridized carbons (Fsp3) is 0.0714. The van der Waals surface area contributed by atoms with E-state index in [0.717, 1.165) is 26.6 Å². The Bertz CT molecular complexity index is 1400. The molecule has 5 rings (SSSR count). The van der Waals surface area contributed by atoms with Crippen LogP contribution in [0, 0.1) is 6.92 Å². The van der Waals surface area contributed by atoms with Crippen LogP contribution < -0.4 is 10.2 Å². The third kappa shape index (κ3) is 4.45. The Hall–Kier alpha value is -3.54. The molecule has 1 aliphatic rings. The van der Waals surface area contributed by atoms with Crippen molar-refractivity contribution in [1.29, 1.82) is 0 Å². The van der Waals surface area contributed by atoms with Gasteiger partial charge in [-0.3, -0.25) is 9.59 Å². The maximum Gasteiger partial charge on any atom is 0.258 e. The minimum Gasteiger partial charge on any atom is -0.322 e. The van der Waals surface area contributed by atoms with Gasteiger partial charge in [0.15, 0.2) is 0 Å². The van der Waals surface area contributed by atoms with Crippen molar-refractivity contribution in [3.63, 3.8) is 0 Å². The zero-order chi connectivity index (χ0) is 23.7. The molecular formula is C28H21ClN2O2S. The molecular weight excluding hydrogens is 464 g/mol. The van der Waals surface area contributed by atoms with E-state index in [-0.39, 0.29) is 11.8 Å². The normalized spacial score (nSPS) is 12.4. The molecule has 0 radical (unpaired) electrons. The molecule has 0 unspecified atom stereocenters. The largest absolute Gasteiger partial charge is 0.322 e. The molecule has 0 spiro atoms. The maximum atomic E-state index is 13.6. The van der Waals surface area contributed by atoms with Crippen LogP contribution in [0.25, 0.3) is 0 Å². The van der Waals surface area contributed by atoms with Crippen molar-refractivity contribution in [2.75, 3.05) is 10.2 Å². The SMILES string of the molecule is Cc1ccc(C(=O)Nc2ccc(C(=O)N3Cc4ccccc4Sc4ccccc43)cc2)c(Cl)c1. The number of nitrogens with one attached hydrogen (secondary N) is 1. The average Bonchev–Trinajstić information content (AvgIpc) is 3.01. The molecule has 0 saturated carbocycles. The van der Waals surface area contributed by atoms with E-state index in [1.807, 2.05) is 54.3 Å². The number of carbonyl (C=O) groups excluding carboxylic acids is 2. The molecule has 0 aliphatic carbocycles. The number of anilines is 2. The molecule has 0 atom stereocenters. The van der Waals surface area contributed by atoms with Gasteiger partial charge in [0.1, 0.15) is 0 Å². The molecule has 1 aliphatic heterocycles. The number of fused-ring (bicyclic) bond motifs is 2. The highest BCUT2D eigenvalue weighted by Gasteiger charge is 2.25. The molecule has 34 heavy (non-hydrogen) atoms. The fourth-order valence-electron chi connectivity index (χ4n) is 3.91. The Labute approximate surface area is 207 Å². The number of para-hydroxylation sites is 1. The molecule has 0 aromatic heterocycles. The standard InChI is InChI=1S/C28H21ClN2O2S/c1-18-10-15-22(23(29)16-18)27(32)30-21-13-11-19(12-14-21)28(33)31-17-20-6-2-4-8-25(20)34-26-9-5-3-7-24(26)31/h2-16H,17H2,1H3,(H,30,32). The second-order valence-corrected chi connectivity index (χ2v) is 9.57. The Morgan fingerprint density at radius 1 is 0.882 bits per heavy atom.